The van der Waals surface area contributed by atoms with Gasteiger partial charge in [0, 0.05) is 22.7 Å². The van der Waals surface area contributed by atoms with E-state index in [9.17, 15) is 19.5 Å². The third kappa shape index (κ3) is 3.23. The number of primary amides is 1. The minimum absolute atomic E-state index is 0.0349. The van der Waals surface area contributed by atoms with Crippen molar-refractivity contribution in [2.45, 2.75) is 58.3 Å². The molecule has 0 unspecified atom stereocenters. The molecule has 1 heterocycles. The molecule has 28 heavy (non-hydrogen) atoms. The van der Waals surface area contributed by atoms with Crippen LogP contribution in [-0.2, 0) is 22.4 Å². The zero-order chi connectivity index (χ0) is 20.0. The van der Waals surface area contributed by atoms with E-state index in [1.54, 1.807) is 0 Å². The summed E-state index contributed by atoms with van der Waals surface area (Å²) < 4.78 is 0. The fourth-order valence-electron chi connectivity index (χ4n) is 5.86. The highest BCUT2D eigenvalue weighted by Gasteiger charge is 2.51. The zero-order valence-corrected chi connectivity index (χ0v) is 17.0. The maximum atomic E-state index is 13.0. The van der Waals surface area contributed by atoms with Crippen molar-refractivity contribution < 1.29 is 19.5 Å². The molecule has 2 bridgehead atoms. The van der Waals surface area contributed by atoms with Crippen LogP contribution in [0.3, 0.4) is 0 Å². The van der Waals surface area contributed by atoms with Crippen molar-refractivity contribution in [2.24, 2.45) is 35.3 Å². The standard InChI is InChI=1S/C21H28N2O4S/c1-2-3-10-4-7-13-14(8-10)28-20(17(13)18(22)24)23-19(25)15-11-5-6-12(9-11)16(15)21(26)27/h10-12,15-16H,2-9H2,1H3,(H2,22,24)(H,23,25)(H,26,27)/p-1/t10-,11-,12+,15+,16+/m1/s1. The monoisotopic (exact) mass is 403 g/mol. The molecule has 0 spiro atoms. The highest BCUT2D eigenvalue weighted by atomic mass is 32.1. The number of anilines is 1. The van der Waals surface area contributed by atoms with Crippen molar-refractivity contribution in [3.63, 3.8) is 0 Å². The number of carboxylic acid groups (broad SMARTS) is 1. The van der Waals surface area contributed by atoms with Crippen LogP contribution < -0.4 is 16.2 Å². The lowest BCUT2D eigenvalue weighted by molar-refractivity contribution is -0.314. The fraction of sp³-hybridized carbons (Fsp3) is 0.667. The molecule has 7 heteroatoms. The topological polar surface area (TPSA) is 112 Å². The van der Waals surface area contributed by atoms with Crippen molar-refractivity contribution in [1.29, 1.82) is 0 Å². The van der Waals surface area contributed by atoms with Gasteiger partial charge >= 0.3 is 0 Å². The summed E-state index contributed by atoms with van der Waals surface area (Å²) in [5.41, 5.74) is 7.06. The molecule has 0 saturated heterocycles. The second-order valence-corrected chi connectivity index (χ2v) is 9.77. The highest BCUT2D eigenvalue weighted by Crippen LogP contribution is 2.52. The first kappa shape index (κ1) is 19.4. The number of fused-ring (bicyclic) bond motifs is 3. The van der Waals surface area contributed by atoms with E-state index in [1.807, 2.05) is 0 Å². The Balaban J connectivity index is 1.59. The maximum absolute atomic E-state index is 13.0. The molecule has 5 atom stereocenters. The average molecular weight is 404 g/mol. The number of thiophene rings is 1. The summed E-state index contributed by atoms with van der Waals surface area (Å²) in [6.07, 6.45) is 7.56. The molecule has 0 radical (unpaired) electrons. The number of carboxylic acids is 1. The predicted octanol–water partition coefficient (Wildman–Crippen LogP) is 2.10. The van der Waals surface area contributed by atoms with Crippen LogP contribution in [0.2, 0.25) is 0 Å². The number of hydrogen-bond acceptors (Lipinski definition) is 5. The number of carbonyl (C=O) groups is 3. The normalized spacial score (nSPS) is 30.8. The van der Waals surface area contributed by atoms with Crippen LogP contribution >= 0.6 is 11.3 Å². The Bertz CT molecular complexity index is 818. The number of rotatable bonds is 6. The molecule has 1 aromatic rings. The molecular formula is C21H27N2O4S-. The fourth-order valence-corrected chi connectivity index (χ4v) is 7.23. The van der Waals surface area contributed by atoms with Crippen LogP contribution in [0.1, 0.15) is 66.2 Å². The summed E-state index contributed by atoms with van der Waals surface area (Å²) in [6, 6.07) is 0. The lowest BCUT2D eigenvalue weighted by atomic mass is 9.78. The third-order valence-corrected chi connectivity index (χ3v) is 8.21. The molecule has 152 valence electrons. The Kier molecular flexibility index (Phi) is 5.21. The molecule has 2 saturated carbocycles. The van der Waals surface area contributed by atoms with Gasteiger partial charge in [0.2, 0.25) is 5.91 Å². The van der Waals surface area contributed by atoms with Crippen molar-refractivity contribution in [3.05, 3.63) is 16.0 Å². The number of hydrogen-bond donors (Lipinski definition) is 2. The van der Waals surface area contributed by atoms with Crippen LogP contribution in [0.15, 0.2) is 0 Å². The molecular weight excluding hydrogens is 376 g/mol. The second kappa shape index (κ2) is 7.50. The summed E-state index contributed by atoms with van der Waals surface area (Å²) in [7, 11) is 0. The van der Waals surface area contributed by atoms with Gasteiger partial charge in [0.05, 0.1) is 5.56 Å². The van der Waals surface area contributed by atoms with Gasteiger partial charge in [-0.05, 0) is 61.8 Å². The minimum atomic E-state index is -1.13. The smallest absolute Gasteiger partial charge is 0.251 e. The Morgan fingerprint density at radius 3 is 2.54 bits per heavy atom. The van der Waals surface area contributed by atoms with E-state index >= 15 is 0 Å². The Morgan fingerprint density at radius 2 is 1.89 bits per heavy atom. The predicted molar refractivity (Wildman–Crippen MR) is 105 cm³/mol. The quantitative estimate of drug-likeness (QED) is 0.757. The van der Waals surface area contributed by atoms with Gasteiger partial charge < -0.3 is 21.0 Å². The van der Waals surface area contributed by atoms with Gasteiger partial charge in [-0.15, -0.1) is 11.3 Å². The van der Waals surface area contributed by atoms with E-state index < -0.39 is 23.7 Å². The van der Waals surface area contributed by atoms with E-state index in [1.165, 1.54) is 11.3 Å². The summed E-state index contributed by atoms with van der Waals surface area (Å²) in [6.45, 7) is 2.17. The van der Waals surface area contributed by atoms with Crippen LogP contribution in [0.25, 0.3) is 0 Å². The molecule has 1 aromatic heterocycles. The summed E-state index contributed by atoms with van der Waals surface area (Å²) >= 11 is 1.44. The number of carbonyl (C=O) groups excluding carboxylic acids is 3. The average Bonchev–Trinajstić information content (AvgIpc) is 3.33. The van der Waals surface area contributed by atoms with Gasteiger partial charge in [-0.2, -0.15) is 0 Å². The molecule has 0 aliphatic heterocycles. The highest BCUT2D eigenvalue weighted by molar-refractivity contribution is 7.17. The van der Waals surface area contributed by atoms with Gasteiger partial charge in [0.25, 0.3) is 5.91 Å². The lowest BCUT2D eigenvalue weighted by Gasteiger charge is -2.30. The molecule has 3 aliphatic rings. The first-order valence-electron chi connectivity index (χ1n) is 10.4. The molecule has 2 fully saturated rings. The van der Waals surface area contributed by atoms with E-state index in [2.05, 4.69) is 12.2 Å². The van der Waals surface area contributed by atoms with Crippen LogP contribution in [0.4, 0.5) is 5.00 Å². The van der Waals surface area contributed by atoms with E-state index in [4.69, 9.17) is 5.73 Å². The largest absolute Gasteiger partial charge is 0.550 e. The Hall–Kier alpha value is -1.89. The van der Waals surface area contributed by atoms with Crippen molar-refractivity contribution in [3.8, 4) is 0 Å². The van der Waals surface area contributed by atoms with Crippen molar-refractivity contribution in [2.75, 3.05) is 5.32 Å². The van der Waals surface area contributed by atoms with E-state index in [0.717, 1.165) is 61.8 Å². The first-order chi connectivity index (χ1) is 13.4. The number of nitrogens with one attached hydrogen (secondary N) is 1. The van der Waals surface area contributed by atoms with Crippen molar-refractivity contribution >= 4 is 34.1 Å². The number of amides is 2. The van der Waals surface area contributed by atoms with Crippen molar-refractivity contribution in [1.82, 2.24) is 0 Å². The summed E-state index contributed by atoms with van der Waals surface area (Å²) in [4.78, 5) is 37.9. The Morgan fingerprint density at radius 1 is 1.18 bits per heavy atom. The molecule has 2 amide bonds. The third-order valence-electron chi connectivity index (χ3n) is 7.04. The Labute approximate surface area is 168 Å². The van der Waals surface area contributed by atoms with Gasteiger partial charge in [-0.25, -0.2) is 0 Å². The van der Waals surface area contributed by atoms with Gasteiger partial charge in [-0.1, -0.05) is 19.8 Å². The van der Waals surface area contributed by atoms with E-state index in [0.29, 0.717) is 16.5 Å². The van der Waals surface area contributed by atoms with Crippen LogP contribution in [0.5, 0.6) is 0 Å². The minimum Gasteiger partial charge on any atom is -0.550 e. The van der Waals surface area contributed by atoms with E-state index in [-0.39, 0.29) is 17.7 Å². The van der Waals surface area contributed by atoms with Crippen LogP contribution in [-0.4, -0.2) is 17.8 Å². The molecule has 3 aliphatic carbocycles. The second-order valence-electron chi connectivity index (χ2n) is 8.66. The molecule has 0 aromatic carbocycles. The summed E-state index contributed by atoms with van der Waals surface area (Å²) in [5, 5.41) is 15.0. The van der Waals surface area contributed by atoms with Gasteiger partial charge in [0.1, 0.15) is 5.00 Å². The molecule has 6 nitrogen and oxygen atoms in total. The summed E-state index contributed by atoms with van der Waals surface area (Å²) in [5.74, 6) is -2.51. The lowest BCUT2D eigenvalue weighted by Crippen LogP contribution is -2.44. The maximum Gasteiger partial charge on any atom is 0.251 e. The molecule has 3 N–H and O–H groups in total. The zero-order valence-electron chi connectivity index (χ0n) is 16.2. The number of aliphatic carboxylic acids is 1. The molecule has 4 rings (SSSR count). The van der Waals surface area contributed by atoms with Crippen LogP contribution in [0, 0.1) is 29.6 Å². The SMILES string of the molecule is CCC[C@@H]1CCc2c(sc(NC(=O)[C@H]3[C@@H]4CC[C@@H](C4)[C@@H]3C(=O)[O-])c2C(N)=O)C1. The number of nitrogens with two attached hydrogens (primary N) is 1. The van der Waals surface area contributed by atoms with Gasteiger partial charge in [-0.3, -0.25) is 9.59 Å². The van der Waals surface area contributed by atoms with Gasteiger partial charge in [0.15, 0.2) is 0 Å². The first-order valence-corrected chi connectivity index (χ1v) is 11.2.